The Balaban J connectivity index is 1.88. The third kappa shape index (κ3) is 4.22. The van der Waals surface area contributed by atoms with Crippen molar-refractivity contribution in [1.82, 2.24) is 15.3 Å². The van der Waals surface area contributed by atoms with Crippen LogP contribution in [0, 0.1) is 32.6 Å². The minimum atomic E-state index is 0.0930. The van der Waals surface area contributed by atoms with Crippen molar-refractivity contribution in [2.45, 2.75) is 65.1 Å². The number of thioether (sulfide) groups is 1. The summed E-state index contributed by atoms with van der Waals surface area (Å²) in [6, 6.07) is 0.319. The molecule has 1 saturated carbocycles. The van der Waals surface area contributed by atoms with Crippen molar-refractivity contribution in [3.05, 3.63) is 17.0 Å². The van der Waals surface area contributed by atoms with Gasteiger partial charge in [0.1, 0.15) is 0 Å². The molecule has 22 heavy (non-hydrogen) atoms. The van der Waals surface area contributed by atoms with E-state index in [0.717, 1.165) is 23.4 Å². The van der Waals surface area contributed by atoms with Crippen LogP contribution in [0.1, 0.15) is 50.1 Å². The van der Waals surface area contributed by atoms with Gasteiger partial charge in [0, 0.05) is 17.4 Å². The standard InChI is InChI=1S/C17H27N3OS/c1-10-7-6-8-15(11(10)2)20-16(21)9-22-17-18-13(4)12(3)14(5)19-17/h10-11,15H,6-9H2,1-5H3,(H,20,21)/t10-,11+,15-/m1/s1. The number of hydrogen-bond donors (Lipinski definition) is 1. The summed E-state index contributed by atoms with van der Waals surface area (Å²) in [6.45, 7) is 10.5. The first-order valence-corrected chi connectivity index (χ1v) is 9.11. The summed E-state index contributed by atoms with van der Waals surface area (Å²) in [7, 11) is 0. The number of aryl methyl sites for hydroxylation is 2. The van der Waals surface area contributed by atoms with E-state index in [4.69, 9.17) is 0 Å². The van der Waals surface area contributed by atoms with Crippen molar-refractivity contribution in [3.8, 4) is 0 Å². The third-order valence-corrected chi connectivity index (χ3v) is 5.84. The molecule has 0 unspecified atom stereocenters. The Morgan fingerprint density at radius 2 is 1.82 bits per heavy atom. The van der Waals surface area contributed by atoms with Crippen LogP contribution in [-0.2, 0) is 4.79 Å². The van der Waals surface area contributed by atoms with Gasteiger partial charge in [-0.25, -0.2) is 9.97 Å². The van der Waals surface area contributed by atoms with Gasteiger partial charge in [-0.1, -0.05) is 38.5 Å². The molecular formula is C17H27N3OS. The molecule has 1 N–H and O–H groups in total. The molecule has 0 aliphatic heterocycles. The number of rotatable bonds is 4. The van der Waals surface area contributed by atoms with Gasteiger partial charge >= 0.3 is 0 Å². The quantitative estimate of drug-likeness (QED) is 0.682. The smallest absolute Gasteiger partial charge is 0.230 e. The monoisotopic (exact) mass is 321 g/mol. The number of hydrogen-bond acceptors (Lipinski definition) is 4. The van der Waals surface area contributed by atoms with Crippen molar-refractivity contribution < 1.29 is 4.79 Å². The molecule has 0 spiro atoms. The zero-order valence-electron chi connectivity index (χ0n) is 14.3. The molecule has 1 aromatic rings. The molecular weight excluding hydrogens is 294 g/mol. The Kier molecular flexibility index (Phi) is 5.84. The Labute approximate surface area is 137 Å². The highest BCUT2D eigenvalue weighted by Gasteiger charge is 2.28. The lowest BCUT2D eigenvalue weighted by molar-refractivity contribution is -0.120. The molecule has 0 radical (unpaired) electrons. The third-order valence-electron chi connectivity index (χ3n) is 5.00. The van der Waals surface area contributed by atoms with Crippen LogP contribution < -0.4 is 5.32 Å². The fourth-order valence-electron chi connectivity index (χ4n) is 2.97. The average molecular weight is 321 g/mol. The van der Waals surface area contributed by atoms with Crippen molar-refractivity contribution >= 4 is 17.7 Å². The second-order valence-corrected chi connectivity index (χ2v) is 7.47. The zero-order valence-corrected chi connectivity index (χ0v) is 15.1. The first-order valence-electron chi connectivity index (χ1n) is 8.12. The molecule has 1 fully saturated rings. The summed E-state index contributed by atoms with van der Waals surface area (Å²) in [6.07, 6.45) is 3.59. The highest BCUT2D eigenvalue weighted by molar-refractivity contribution is 7.99. The highest BCUT2D eigenvalue weighted by Crippen LogP contribution is 2.29. The maximum absolute atomic E-state index is 12.2. The molecule has 1 aliphatic rings. The Morgan fingerprint density at radius 1 is 1.18 bits per heavy atom. The summed E-state index contributed by atoms with van der Waals surface area (Å²) in [4.78, 5) is 21.1. The molecule has 5 heteroatoms. The minimum Gasteiger partial charge on any atom is -0.352 e. The molecule has 0 bridgehead atoms. The van der Waals surface area contributed by atoms with Crippen LogP contribution in [0.2, 0.25) is 0 Å². The second-order valence-electron chi connectivity index (χ2n) is 6.53. The fraction of sp³-hybridized carbons (Fsp3) is 0.706. The van der Waals surface area contributed by atoms with Gasteiger partial charge in [0.15, 0.2) is 5.16 Å². The van der Waals surface area contributed by atoms with E-state index in [-0.39, 0.29) is 5.91 Å². The van der Waals surface area contributed by atoms with Crippen LogP contribution >= 0.6 is 11.8 Å². The number of aromatic nitrogens is 2. The van der Waals surface area contributed by atoms with Gasteiger partial charge < -0.3 is 5.32 Å². The highest BCUT2D eigenvalue weighted by atomic mass is 32.2. The van der Waals surface area contributed by atoms with Gasteiger partial charge in [0.25, 0.3) is 0 Å². The molecule has 1 heterocycles. The lowest BCUT2D eigenvalue weighted by atomic mass is 9.78. The van der Waals surface area contributed by atoms with Crippen molar-refractivity contribution in [1.29, 1.82) is 0 Å². The van der Waals surface area contributed by atoms with Gasteiger partial charge in [0.2, 0.25) is 5.91 Å². The molecule has 0 aromatic carbocycles. The molecule has 1 aliphatic carbocycles. The number of nitrogens with zero attached hydrogens (tertiary/aromatic N) is 2. The molecule has 1 aromatic heterocycles. The van der Waals surface area contributed by atoms with E-state index in [1.165, 1.54) is 24.6 Å². The zero-order chi connectivity index (χ0) is 16.3. The van der Waals surface area contributed by atoms with Crippen molar-refractivity contribution in [3.63, 3.8) is 0 Å². The van der Waals surface area contributed by atoms with Gasteiger partial charge in [-0.15, -0.1) is 0 Å². The lowest BCUT2D eigenvalue weighted by Gasteiger charge is -2.34. The Hall–Kier alpha value is -1.10. The summed E-state index contributed by atoms with van der Waals surface area (Å²) < 4.78 is 0. The molecule has 4 nitrogen and oxygen atoms in total. The maximum atomic E-state index is 12.2. The summed E-state index contributed by atoms with van der Waals surface area (Å²) in [5, 5.41) is 3.89. The summed E-state index contributed by atoms with van der Waals surface area (Å²) >= 11 is 1.42. The van der Waals surface area contributed by atoms with Gasteiger partial charge in [0.05, 0.1) is 5.75 Å². The topological polar surface area (TPSA) is 54.9 Å². The number of amides is 1. The molecule has 3 atom stereocenters. The van der Waals surface area contributed by atoms with Crippen LogP contribution in [0.4, 0.5) is 0 Å². The normalized spacial score (nSPS) is 25.0. The van der Waals surface area contributed by atoms with Crippen LogP contribution in [0.3, 0.4) is 0 Å². The predicted octanol–water partition coefficient (Wildman–Crippen LogP) is 3.43. The number of carbonyl (C=O) groups excluding carboxylic acids is 1. The van der Waals surface area contributed by atoms with E-state index >= 15 is 0 Å². The number of carbonyl (C=O) groups is 1. The van der Waals surface area contributed by atoms with Crippen LogP contribution in [0.25, 0.3) is 0 Å². The Bertz CT molecular complexity index is 524. The van der Waals surface area contributed by atoms with E-state index < -0.39 is 0 Å². The van der Waals surface area contributed by atoms with Gasteiger partial charge in [-0.2, -0.15) is 0 Å². The van der Waals surface area contributed by atoms with E-state index in [9.17, 15) is 4.79 Å². The van der Waals surface area contributed by atoms with E-state index in [0.29, 0.717) is 28.8 Å². The van der Waals surface area contributed by atoms with Crippen LogP contribution in [0.5, 0.6) is 0 Å². The average Bonchev–Trinajstić information content (AvgIpc) is 2.47. The molecule has 1 amide bonds. The first-order chi connectivity index (χ1) is 10.4. The number of nitrogens with one attached hydrogen (secondary N) is 1. The Morgan fingerprint density at radius 3 is 2.45 bits per heavy atom. The summed E-state index contributed by atoms with van der Waals surface area (Å²) in [5.41, 5.74) is 3.11. The second kappa shape index (κ2) is 7.44. The van der Waals surface area contributed by atoms with Gasteiger partial charge in [-0.3, -0.25) is 4.79 Å². The minimum absolute atomic E-state index is 0.0930. The summed E-state index contributed by atoms with van der Waals surface area (Å²) in [5.74, 6) is 1.73. The lowest BCUT2D eigenvalue weighted by Crippen LogP contribution is -2.44. The molecule has 122 valence electrons. The van der Waals surface area contributed by atoms with Crippen LogP contribution in [0.15, 0.2) is 5.16 Å². The SMILES string of the molecule is Cc1nc(SCC(=O)N[C@@H]2CCC[C@@H](C)[C@@H]2C)nc(C)c1C. The fourth-order valence-corrected chi connectivity index (χ4v) is 3.72. The van der Waals surface area contributed by atoms with Gasteiger partial charge in [-0.05, 0) is 44.6 Å². The van der Waals surface area contributed by atoms with Crippen LogP contribution in [-0.4, -0.2) is 27.7 Å². The molecule has 0 saturated heterocycles. The van der Waals surface area contributed by atoms with E-state index in [1.54, 1.807) is 0 Å². The largest absolute Gasteiger partial charge is 0.352 e. The predicted molar refractivity (Wildman–Crippen MR) is 91.1 cm³/mol. The van der Waals surface area contributed by atoms with E-state index in [2.05, 4.69) is 29.1 Å². The molecule has 2 rings (SSSR count). The van der Waals surface area contributed by atoms with Crippen molar-refractivity contribution in [2.75, 3.05) is 5.75 Å². The first kappa shape index (κ1) is 17.3. The maximum Gasteiger partial charge on any atom is 0.230 e. The van der Waals surface area contributed by atoms with Crippen molar-refractivity contribution in [2.24, 2.45) is 11.8 Å². The van der Waals surface area contributed by atoms with E-state index in [1.807, 2.05) is 20.8 Å².